The van der Waals surface area contributed by atoms with Crippen molar-refractivity contribution in [3.63, 3.8) is 0 Å². The summed E-state index contributed by atoms with van der Waals surface area (Å²) in [6.07, 6.45) is 4.45. The summed E-state index contributed by atoms with van der Waals surface area (Å²) in [5.41, 5.74) is 4.86. The van der Waals surface area contributed by atoms with Gasteiger partial charge in [0.25, 0.3) is 5.91 Å². The molecule has 8 nitrogen and oxygen atoms in total. The second kappa shape index (κ2) is 6.71. The highest BCUT2D eigenvalue weighted by atomic mass is 16.1. The molecule has 0 fully saturated rings. The molecule has 110 valence electrons. The van der Waals surface area contributed by atoms with Crippen molar-refractivity contribution in [2.75, 3.05) is 10.7 Å². The van der Waals surface area contributed by atoms with Crippen molar-refractivity contribution in [1.29, 1.82) is 0 Å². The van der Waals surface area contributed by atoms with Gasteiger partial charge in [-0.05, 0) is 18.9 Å². The molecular formula is C13H17N7O. The number of hydrogen-bond acceptors (Lipinski definition) is 7. The first-order valence-corrected chi connectivity index (χ1v) is 6.64. The third-order valence-electron chi connectivity index (χ3n) is 2.96. The summed E-state index contributed by atoms with van der Waals surface area (Å²) >= 11 is 0. The molecule has 0 aromatic carbocycles. The molecule has 0 unspecified atom stereocenters. The van der Waals surface area contributed by atoms with Gasteiger partial charge >= 0.3 is 0 Å². The number of nitrogens with two attached hydrogens (primary N) is 1. The molecule has 0 saturated carbocycles. The van der Waals surface area contributed by atoms with Gasteiger partial charge in [0, 0.05) is 6.20 Å². The van der Waals surface area contributed by atoms with Crippen LogP contribution in [0.3, 0.4) is 0 Å². The normalized spacial score (nSPS) is 10.2. The van der Waals surface area contributed by atoms with Crippen molar-refractivity contribution >= 4 is 17.5 Å². The van der Waals surface area contributed by atoms with E-state index in [4.69, 9.17) is 5.84 Å². The van der Waals surface area contributed by atoms with E-state index in [-0.39, 0.29) is 11.9 Å². The molecule has 0 atom stereocenters. The van der Waals surface area contributed by atoms with E-state index in [2.05, 4.69) is 30.9 Å². The Kier molecular flexibility index (Phi) is 4.72. The number of hydrogen-bond donors (Lipinski definition) is 3. The van der Waals surface area contributed by atoms with Gasteiger partial charge in [-0.3, -0.25) is 20.9 Å². The predicted molar refractivity (Wildman–Crippen MR) is 78.6 cm³/mol. The number of rotatable bonds is 5. The van der Waals surface area contributed by atoms with Crippen LogP contribution in [0.4, 0.5) is 11.6 Å². The number of nitrogens with one attached hydrogen (secondary N) is 2. The van der Waals surface area contributed by atoms with Gasteiger partial charge in [0.05, 0.1) is 28.8 Å². The molecule has 4 N–H and O–H groups in total. The Morgan fingerprint density at radius 1 is 1.24 bits per heavy atom. The van der Waals surface area contributed by atoms with E-state index in [1.807, 2.05) is 13.8 Å². The average molecular weight is 287 g/mol. The number of hydrazine groups is 1. The summed E-state index contributed by atoms with van der Waals surface area (Å²) in [5, 5.41) is 10.6. The fourth-order valence-corrected chi connectivity index (χ4v) is 1.87. The Morgan fingerprint density at radius 3 is 2.67 bits per heavy atom. The zero-order valence-electron chi connectivity index (χ0n) is 11.9. The maximum absolute atomic E-state index is 12.2. The lowest BCUT2D eigenvalue weighted by Crippen LogP contribution is -2.19. The minimum atomic E-state index is -0.376. The molecule has 0 aliphatic heterocycles. The molecule has 0 spiro atoms. The molecule has 2 aromatic heterocycles. The van der Waals surface area contributed by atoms with Gasteiger partial charge in [0.1, 0.15) is 0 Å². The highest BCUT2D eigenvalue weighted by Crippen LogP contribution is 2.14. The summed E-state index contributed by atoms with van der Waals surface area (Å²) < 4.78 is 0. The minimum Gasteiger partial charge on any atom is -0.322 e. The van der Waals surface area contributed by atoms with E-state index >= 15 is 0 Å². The largest absolute Gasteiger partial charge is 0.322 e. The van der Waals surface area contributed by atoms with Crippen LogP contribution in [-0.2, 0) is 12.8 Å². The van der Waals surface area contributed by atoms with E-state index in [0.717, 1.165) is 24.2 Å². The van der Waals surface area contributed by atoms with Crippen LogP contribution in [-0.4, -0.2) is 26.1 Å². The maximum atomic E-state index is 12.2. The Bertz CT molecular complexity index is 644. The zero-order chi connectivity index (χ0) is 15.2. The topological polar surface area (TPSA) is 119 Å². The van der Waals surface area contributed by atoms with Crippen LogP contribution in [0.1, 0.15) is 35.6 Å². The molecule has 8 heteroatoms. The van der Waals surface area contributed by atoms with E-state index in [1.165, 1.54) is 12.4 Å². The number of aryl methyl sites for hydroxylation is 2. The Balaban J connectivity index is 2.23. The first-order valence-electron chi connectivity index (χ1n) is 6.64. The van der Waals surface area contributed by atoms with Gasteiger partial charge in [-0.2, -0.15) is 0 Å². The highest BCUT2D eigenvalue weighted by Gasteiger charge is 2.14. The number of carbonyl (C=O) groups excluding carboxylic acids is 1. The monoisotopic (exact) mass is 287 g/mol. The molecule has 2 heterocycles. The number of amides is 1. The predicted octanol–water partition coefficient (Wildman–Crippen LogP) is 0.929. The maximum Gasteiger partial charge on any atom is 0.260 e. The van der Waals surface area contributed by atoms with Gasteiger partial charge < -0.3 is 5.43 Å². The van der Waals surface area contributed by atoms with Crippen molar-refractivity contribution in [3.8, 4) is 0 Å². The van der Waals surface area contributed by atoms with Gasteiger partial charge in [-0.1, -0.05) is 13.8 Å². The summed E-state index contributed by atoms with van der Waals surface area (Å²) in [4.78, 5) is 20.4. The quantitative estimate of drug-likeness (QED) is 0.552. The number of nitrogens with zero attached hydrogens (tertiary/aromatic N) is 4. The number of nitrogen functional groups attached to an aromatic ring is 1. The zero-order valence-corrected chi connectivity index (χ0v) is 11.9. The Labute approximate surface area is 122 Å². The standard InChI is InChI=1S/C13H17N7O/c1-3-9-10(4-2)19-20-13(16-9)17-12(21)8-5-6-15-7-11(8)18-14/h5-7,18H,3-4,14H2,1-2H3,(H,16,17,20,21). The van der Waals surface area contributed by atoms with Crippen LogP contribution >= 0.6 is 0 Å². The lowest BCUT2D eigenvalue weighted by Gasteiger charge is -2.09. The molecule has 0 radical (unpaired) electrons. The van der Waals surface area contributed by atoms with Crippen molar-refractivity contribution in [2.45, 2.75) is 26.7 Å². The minimum absolute atomic E-state index is 0.175. The first kappa shape index (κ1) is 14.8. The van der Waals surface area contributed by atoms with Crippen LogP contribution in [0.25, 0.3) is 0 Å². The van der Waals surface area contributed by atoms with Crippen LogP contribution in [0, 0.1) is 0 Å². The second-order valence-electron chi connectivity index (χ2n) is 4.26. The molecule has 21 heavy (non-hydrogen) atoms. The van der Waals surface area contributed by atoms with Crippen LogP contribution < -0.4 is 16.6 Å². The second-order valence-corrected chi connectivity index (χ2v) is 4.26. The SMILES string of the molecule is CCc1nnc(NC(=O)c2ccncc2NN)nc1CC. The highest BCUT2D eigenvalue weighted by molar-refractivity contribution is 6.07. The smallest absolute Gasteiger partial charge is 0.260 e. The fourth-order valence-electron chi connectivity index (χ4n) is 1.87. The Morgan fingerprint density at radius 2 is 2.00 bits per heavy atom. The number of anilines is 2. The molecular weight excluding hydrogens is 270 g/mol. The van der Waals surface area contributed by atoms with E-state index in [0.29, 0.717) is 11.3 Å². The Hall–Kier alpha value is -2.61. The van der Waals surface area contributed by atoms with Crippen LogP contribution in [0.15, 0.2) is 18.5 Å². The molecule has 1 amide bonds. The number of pyridine rings is 1. The molecule has 2 rings (SSSR count). The van der Waals surface area contributed by atoms with Gasteiger partial charge in [-0.25, -0.2) is 4.98 Å². The fraction of sp³-hybridized carbons (Fsp3) is 0.308. The molecule has 0 aliphatic carbocycles. The summed E-state index contributed by atoms with van der Waals surface area (Å²) in [6.45, 7) is 3.97. The lowest BCUT2D eigenvalue weighted by molar-refractivity contribution is 0.102. The molecule has 0 saturated heterocycles. The average Bonchev–Trinajstić information content (AvgIpc) is 2.54. The van der Waals surface area contributed by atoms with E-state index in [1.54, 1.807) is 6.07 Å². The van der Waals surface area contributed by atoms with Crippen molar-refractivity contribution in [2.24, 2.45) is 5.84 Å². The third-order valence-corrected chi connectivity index (χ3v) is 2.96. The number of aromatic nitrogens is 4. The van der Waals surface area contributed by atoms with Gasteiger partial charge in [0.2, 0.25) is 5.95 Å². The molecule has 0 bridgehead atoms. The van der Waals surface area contributed by atoms with Crippen LogP contribution in [0.5, 0.6) is 0 Å². The van der Waals surface area contributed by atoms with Crippen molar-refractivity contribution in [1.82, 2.24) is 20.2 Å². The van der Waals surface area contributed by atoms with Crippen molar-refractivity contribution < 1.29 is 4.79 Å². The van der Waals surface area contributed by atoms with Gasteiger partial charge in [0.15, 0.2) is 0 Å². The lowest BCUT2D eigenvalue weighted by atomic mass is 10.2. The van der Waals surface area contributed by atoms with Gasteiger partial charge in [-0.15, -0.1) is 10.2 Å². The molecule has 0 aliphatic rings. The summed E-state index contributed by atoms with van der Waals surface area (Å²) in [6, 6.07) is 1.55. The van der Waals surface area contributed by atoms with E-state index < -0.39 is 0 Å². The molecule has 2 aromatic rings. The van der Waals surface area contributed by atoms with Crippen molar-refractivity contribution in [3.05, 3.63) is 35.4 Å². The third kappa shape index (κ3) is 3.29. The number of carbonyl (C=O) groups is 1. The van der Waals surface area contributed by atoms with E-state index in [9.17, 15) is 4.79 Å². The van der Waals surface area contributed by atoms with Crippen LogP contribution in [0.2, 0.25) is 0 Å². The first-order chi connectivity index (χ1) is 10.2. The summed E-state index contributed by atoms with van der Waals surface area (Å²) in [5.74, 6) is 5.15. The summed E-state index contributed by atoms with van der Waals surface area (Å²) in [7, 11) is 0.